The molecule has 1 atom stereocenters. The number of halogens is 2. The summed E-state index contributed by atoms with van der Waals surface area (Å²) in [5.74, 6) is 0.254. The van der Waals surface area contributed by atoms with Gasteiger partial charge in [0, 0.05) is 12.1 Å². The van der Waals surface area contributed by atoms with Gasteiger partial charge in [0.15, 0.2) is 0 Å². The largest absolute Gasteiger partial charge is 0.489 e. The van der Waals surface area contributed by atoms with Gasteiger partial charge in [-0.05, 0) is 42.2 Å². The fraction of sp³-hybridized carbons (Fsp3) is 0.350. The van der Waals surface area contributed by atoms with E-state index in [1.807, 2.05) is 26.0 Å². The van der Waals surface area contributed by atoms with Crippen LogP contribution in [0.15, 0.2) is 42.5 Å². The smallest absolute Gasteiger partial charge is 0.234 e. The number of benzene rings is 2. The summed E-state index contributed by atoms with van der Waals surface area (Å²) in [6.45, 7) is 4.68. The maximum absolute atomic E-state index is 13.7. The van der Waals surface area contributed by atoms with E-state index in [2.05, 4.69) is 5.32 Å². The van der Waals surface area contributed by atoms with Crippen molar-refractivity contribution < 1.29 is 13.9 Å². The number of nitrogens with one attached hydrogen (secondary N) is 1. The minimum absolute atomic E-state index is 0.0568. The summed E-state index contributed by atoms with van der Waals surface area (Å²) in [7, 11) is 0. The van der Waals surface area contributed by atoms with Crippen molar-refractivity contribution in [3.8, 4) is 5.75 Å². The molecule has 1 amide bonds. The lowest BCUT2D eigenvalue weighted by atomic mass is 10.0. The Morgan fingerprint density at radius 3 is 2.50 bits per heavy atom. The highest BCUT2D eigenvalue weighted by Crippen LogP contribution is 2.21. The normalized spacial score (nSPS) is 12.2. The number of ether oxygens (including phenoxy) is 1. The zero-order chi connectivity index (χ0) is 19.1. The summed E-state index contributed by atoms with van der Waals surface area (Å²) in [5.41, 5.74) is 6.76. The Kier molecular flexibility index (Phi) is 7.42. The van der Waals surface area contributed by atoms with Crippen molar-refractivity contribution >= 4 is 17.5 Å². The van der Waals surface area contributed by atoms with Crippen molar-refractivity contribution in [1.29, 1.82) is 0 Å². The van der Waals surface area contributed by atoms with Gasteiger partial charge in [0.25, 0.3) is 0 Å². The molecule has 0 aliphatic rings. The highest BCUT2D eigenvalue weighted by Gasteiger charge is 2.16. The van der Waals surface area contributed by atoms with E-state index < -0.39 is 0 Å². The van der Waals surface area contributed by atoms with Crippen LogP contribution in [0.2, 0.25) is 5.02 Å². The number of hydrogen-bond donors (Lipinski definition) is 2. The maximum atomic E-state index is 13.7. The molecule has 0 aliphatic heterocycles. The summed E-state index contributed by atoms with van der Waals surface area (Å²) < 4.78 is 19.3. The third kappa shape index (κ3) is 6.00. The zero-order valence-electron chi connectivity index (χ0n) is 15.0. The van der Waals surface area contributed by atoms with Crippen LogP contribution in [0.25, 0.3) is 0 Å². The van der Waals surface area contributed by atoms with E-state index in [4.69, 9.17) is 22.1 Å². The van der Waals surface area contributed by atoms with E-state index in [0.717, 1.165) is 5.56 Å². The summed E-state index contributed by atoms with van der Waals surface area (Å²) in [5, 5.41) is 3.52. The lowest BCUT2D eigenvalue weighted by Gasteiger charge is -2.17. The van der Waals surface area contributed by atoms with E-state index in [1.54, 1.807) is 24.3 Å². The summed E-state index contributed by atoms with van der Waals surface area (Å²) in [4.78, 5) is 11.5. The van der Waals surface area contributed by atoms with Gasteiger partial charge in [0.2, 0.25) is 5.91 Å². The topological polar surface area (TPSA) is 64.3 Å². The number of rotatable bonds is 9. The van der Waals surface area contributed by atoms with Crippen molar-refractivity contribution in [2.45, 2.75) is 39.5 Å². The number of carbonyl (C=O) groups excluding carboxylic acids is 1. The molecule has 0 bridgehead atoms. The number of amides is 1. The third-order valence-corrected chi connectivity index (χ3v) is 4.33. The van der Waals surface area contributed by atoms with Gasteiger partial charge < -0.3 is 15.8 Å². The lowest BCUT2D eigenvalue weighted by Crippen LogP contribution is -2.41. The van der Waals surface area contributed by atoms with Crippen LogP contribution >= 0.6 is 11.6 Å². The Balaban J connectivity index is 1.90. The number of nitrogens with two attached hydrogens (primary N) is 1. The number of carbonyl (C=O) groups is 1. The van der Waals surface area contributed by atoms with Crippen molar-refractivity contribution in [3.05, 3.63) is 64.4 Å². The minimum Gasteiger partial charge on any atom is -0.489 e. The first kappa shape index (κ1) is 20.2. The van der Waals surface area contributed by atoms with E-state index in [-0.39, 0.29) is 24.4 Å². The molecule has 0 fully saturated rings. The first-order valence-corrected chi connectivity index (χ1v) is 8.92. The van der Waals surface area contributed by atoms with E-state index in [9.17, 15) is 9.18 Å². The second-order valence-electron chi connectivity index (χ2n) is 6.60. The molecular weight excluding hydrogens is 355 g/mol. The first-order chi connectivity index (χ1) is 12.4. The summed E-state index contributed by atoms with van der Waals surface area (Å²) >= 11 is 5.99. The van der Waals surface area contributed by atoms with Gasteiger partial charge in [-0.1, -0.05) is 43.6 Å². The highest BCUT2D eigenvalue weighted by atomic mass is 35.5. The molecule has 0 radical (unpaired) electrons. The molecule has 6 heteroatoms. The van der Waals surface area contributed by atoms with Crippen molar-refractivity contribution in [1.82, 2.24) is 5.32 Å². The van der Waals surface area contributed by atoms with Gasteiger partial charge >= 0.3 is 0 Å². The Hall–Kier alpha value is -2.11. The number of hydrogen-bond acceptors (Lipinski definition) is 3. The molecule has 2 aromatic carbocycles. The Morgan fingerprint density at radius 2 is 1.92 bits per heavy atom. The molecule has 4 nitrogen and oxygen atoms in total. The Labute approximate surface area is 158 Å². The molecule has 2 rings (SSSR count). The highest BCUT2D eigenvalue weighted by molar-refractivity contribution is 6.31. The van der Waals surface area contributed by atoms with Crippen LogP contribution in [0.5, 0.6) is 5.75 Å². The van der Waals surface area contributed by atoms with Crippen LogP contribution in [0.1, 0.15) is 31.4 Å². The standard InChI is InChI=1S/C20H24ClFN2O2/c1-13(2)10-19(20(23)25)24-11-14-6-8-15(9-7-14)26-12-16-17(21)4-3-5-18(16)22/h3-9,13,19,24H,10-12H2,1-2H3,(H2,23,25)/t19-/m0/s1. The van der Waals surface area contributed by atoms with Gasteiger partial charge in [-0.2, -0.15) is 0 Å². The fourth-order valence-electron chi connectivity index (χ4n) is 2.54. The van der Waals surface area contributed by atoms with Gasteiger partial charge in [-0.15, -0.1) is 0 Å². The number of primary amides is 1. The summed E-state index contributed by atoms with van der Waals surface area (Å²) in [6, 6.07) is 11.6. The van der Waals surface area contributed by atoms with Gasteiger partial charge in [0.1, 0.15) is 18.2 Å². The molecule has 0 saturated carbocycles. The summed E-state index contributed by atoms with van der Waals surface area (Å²) in [6.07, 6.45) is 0.694. The second kappa shape index (κ2) is 9.55. The monoisotopic (exact) mass is 378 g/mol. The third-order valence-electron chi connectivity index (χ3n) is 3.97. The van der Waals surface area contributed by atoms with Crippen molar-refractivity contribution in [3.63, 3.8) is 0 Å². The molecule has 0 aromatic heterocycles. The second-order valence-corrected chi connectivity index (χ2v) is 7.01. The maximum Gasteiger partial charge on any atom is 0.234 e. The van der Waals surface area contributed by atoms with Gasteiger partial charge in [0.05, 0.1) is 11.1 Å². The predicted molar refractivity (Wildman–Crippen MR) is 101 cm³/mol. The molecule has 26 heavy (non-hydrogen) atoms. The van der Waals surface area contributed by atoms with Crippen LogP contribution in [-0.4, -0.2) is 11.9 Å². The molecule has 0 heterocycles. The average Bonchev–Trinajstić information content (AvgIpc) is 2.58. The lowest BCUT2D eigenvalue weighted by molar-refractivity contribution is -0.120. The molecule has 3 N–H and O–H groups in total. The Morgan fingerprint density at radius 1 is 1.23 bits per heavy atom. The molecule has 0 aliphatic carbocycles. The molecule has 0 spiro atoms. The SMILES string of the molecule is CC(C)C[C@H](NCc1ccc(OCc2c(F)cccc2Cl)cc1)C(N)=O. The van der Waals surface area contributed by atoms with Crippen molar-refractivity contribution in [2.24, 2.45) is 11.7 Å². The van der Waals surface area contributed by atoms with Crippen LogP contribution in [0.4, 0.5) is 4.39 Å². The molecule has 140 valence electrons. The minimum atomic E-state index is -0.388. The van der Waals surface area contributed by atoms with E-state index >= 15 is 0 Å². The molecule has 0 unspecified atom stereocenters. The first-order valence-electron chi connectivity index (χ1n) is 8.54. The molecule has 0 saturated heterocycles. The fourth-order valence-corrected chi connectivity index (χ4v) is 2.76. The van der Waals surface area contributed by atoms with Gasteiger partial charge in [-0.25, -0.2) is 4.39 Å². The zero-order valence-corrected chi connectivity index (χ0v) is 15.7. The molecular formula is C20H24ClFN2O2. The van der Waals surface area contributed by atoms with Crippen molar-refractivity contribution in [2.75, 3.05) is 0 Å². The van der Waals surface area contributed by atoms with E-state index in [0.29, 0.717) is 35.2 Å². The predicted octanol–water partition coefficient (Wildman–Crippen LogP) is 4.05. The van der Waals surface area contributed by atoms with Gasteiger partial charge in [-0.3, -0.25) is 4.79 Å². The van der Waals surface area contributed by atoms with Crippen LogP contribution in [0.3, 0.4) is 0 Å². The van der Waals surface area contributed by atoms with Crippen LogP contribution < -0.4 is 15.8 Å². The quantitative estimate of drug-likeness (QED) is 0.691. The van der Waals surface area contributed by atoms with Crippen LogP contribution in [0, 0.1) is 11.7 Å². The average molecular weight is 379 g/mol. The van der Waals surface area contributed by atoms with Crippen LogP contribution in [-0.2, 0) is 17.9 Å². The van der Waals surface area contributed by atoms with E-state index in [1.165, 1.54) is 6.07 Å². The Bertz CT molecular complexity index is 715. The molecule has 2 aromatic rings.